The Hall–Kier alpha value is -2.51. The molecule has 1 N–H and O–H groups in total. The highest BCUT2D eigenvalue weighted by atomic mass is 16.6. The Balaban J connectivity index is 1.53. The summed E-state index contributed by atoms with van der Waals surface area (Å²) in [7, 11) is 0. The number of hydrogen-bond donors (Lipinski definition) is 1. The molecule has 1 aromatic carbocycles. The zero-order chi connectivity index (χ0) is 16.9. The third kappa shape index (κ3) is 3.87. The molecule has 24 heavy (non-hydrogen) atoms. The molecule has 2 aromatic rings. The fraction of sp³-hybridized carbons (Fsp3) is 0.353. The molecule has 0 saturated carbocycles. The van der Waals surface area contributed by atoms with Crippen LogP contribution in [0.5, 0.6) is 0 Å². The number of nitro groups is 1. The van der Waals surface area contributed by atoms with Crippen LogP contribution in [0.1, 0.15) is 11.7 Å². The van der Waals surface area contributed by atoms with Crippen LogP contribution in [0.15, 0.2) is 48.8 Å². The van der Waals surface area contributed by atoms with Crippen LogP contribution >= 0.6 is 0 Å². The number of aromatic nitrogens is 1. The molecule has 1 fully saturated rings. The number of pyridine rings is 1. The zero-order valence-electron chi connectivity index (χ0n) is 13.3. The molecule has 0 bridgehead atoms. The van der Waals surface area contributed by atoms with Gasteiger partial charge in [-0.2, -0.15) is 0 Å². The smallest absolute Gasteiger partial charge is 0.269 e. The van der Waals surface area contributed by atoms with Gasteiger partial charge in [0.1, 0.15) is 0 Å². The van der Waals surface area contributed by atoms with Gasteiger partial charge in [0, 0.05) is 62.9 Å². The van der Waals surface area contributed by atoms with Gasteiger partial charge in [0.25, 0.3) is 5.69 Å². The molecule has 2 heterocycles. The number of rotatable bonds is 5. The summed E-state index contributed by atoms with van der Waals surface area (Å²) < 4.78 is 0. The monoisotopic (exact) mass is 328 g/mol. The number of hydrogen-bond acceptors (Lipinski definition) is 6. The lowest BCUT2D eigenvalue weighted by molar-refractivity contribution is -0.384. The minimum Gasteiger partial charge on any atom is -0.387 e. The van der Waals surface area contributed by atoms with E-state index in [0.717, 1.165) is 26.2 Å². The van der Waals surface area contributed by atoms with Crippen molar-refractivity contribution in [2.24, 2.45) is 0 Å². The van der Waals surface area contributed by atoms with Crippen LogP contribution in [0.2, 0.25) is 0 Å². The van der Waals surface area contributed by atoms with Gasteiger partial charge in [0.05, 0.1) is 11.0 Å². The van der Waals surface area contributed by atoms with E-state index in [-0.39, 0.29) is 5.69 Å². The Morgan fingerprint density at radius 1 is 1.08 bits per heavy atom. The van der Waals surface area contributed by atoms with E-state index in [0.29, 0.717) is 12.1 Å². The summed E-state index contributed by atoms with van der Waals surface area (Å²) in [6.45, 7) is 4.06. The molecular weight excluding hydrogens is 308 g/mol. The van der Waals surface area contributed by atoms with Crippen molar-refractivity contribution in [3.63, 3.8) is 0 Å². The molecule has 0 amide bonds. The fourth-order valence-corrected chi connectivity index (χ4v) is 2.91. The second-order valence-corrected chi connectivity index (χ2v) is 5.86. The van der Waals surface area contributed by atoms with Crippen LogP contribution in [-0.4, -0.2) is 52.6 Å². The first-order valence-corrected chi connectivity index (χ1v) is 7.93. The fourth-order valence-electron chi connectivity index (χ4n) is 2.91. The number of anilines is 1. The molecule has 7 nitrogen and oxygen atoms in total. The van der Waals surface area contributed by atoms with Crippen molar-refractivity contribution in [2.45, 2.75) is 6.10 Å². The van der Waals surface area contributed by atoms with Gasteiger partial charge in [-0.1, -0.05) is 0 Å². The van der Waals surface area contributed by atoms with E-state index < -0.39 is 11.0 Å². The summed E-state index contributed by atoms with van der Waals surface area (Å²) in [5, 5.41) is 21.0. The normalized spacial score (nSPS) is 16.8. The Morgan fingerprint density at radius 2 is 1.71 bits per heavy atom. The van der Waals surface area contributed by atoms with Gasteiger partial charge in [-0.25, -0.2) is 0 Å². The van der Waals surface area contributed by atoms with Crippen molar-refractivity contribution in [3.8, 4) is 0 Å². The summed E-state index contributed by atoms with van der Waals surface area (Å²) in [6, 6.07) is 10.1. The van der Waals surface area contributed by atoms with Gasteiger partial charge in [-0.3, -0.25) is 20.0 Å². The molecule has 0 spiro atoms. The largest absolute Gasteiger partial charge is 0.387 e. The van der Waals surface area contributed by atoms with Gasteiger partial charge in [-0.15, -0.1) is 0 Å². The second kappa shape index (κ2) is 7.37. The molecule has 1 atom stereocenters. The van der Waals surface area contributed by atoms with Gasteiger partial charge in [0.2, 0.25) is 0 Å². The van der Waals surface area contributed by atoms with Crippen LogP contribution in [0.3, 0.4) is 0 Å². The Kier molecular flexibility index (Phi) is 5.02. The predicted octanol–water partition coefficient (Wildman–Crippen LogP) is 1.85. The molecule has 1 unspecified atom stereocenters. The zero-order valence-corrected chi connectivity index (χ0v) is 13.3. The van der Waals surface area contributed by atoms with Gasteiger partial charge in [-0.05, 0) is 29.8 Å². The molecule has 1 aliphatic heterocycles. The lowest BCUT2D eigenvalue weighted by Gasteiger charge is -2.36. The number of aliphatic hydroxyl groups is 1. The van der Waals surface area contributed by atoms with Crippen molar-refractivity contribution >= 4 is 11.4 Å². The number of nitrogens with zero attached hydrogens (tertiary/aromatic N) is 4. The first kappa shape index (κ1) is 16.4. The maximum absolute atomic E-state index is 10.7. The van der Waals surface area contributed by atoms with E-state index in [9.17, 15) is 15.2 Å². The number of β-amino-alcohol motifs (C(OH)–C–C–N with tert-alkyl or cyclic N) is 1. The highest BCUT2D eigenvalue weighted by molar-refractivity contribution is 5.45. The quantitative estimate of drug-likeness (QED) is 0.666. The minimum absolute atomic E-state index is 0.0388. The first-order chi connectivity index (χ1) is 11.6. The number of nitro benzene ring substituents is 1. The molecule has 1 saturated heterocycles. The Labute approximate surface area is 140 Å². The van der Waals surface area contributed by atoms with Gasteiger partial charge >= 0.3 is 0 Å². The van der Waals surface area contributed by atoms with E-state index in [1.54, 1.807) is 24.5 Å². The molecule has 1 aliphatic rings. The van der Waals surface area contributed by atoms with Gasteiger partial charge < -0.3 is 10.0 Å². The molecule has 7 heteroatoms. The van der Waals surface area contributed by atoms with Crippen molar-refractivity contribution in [3.05, 3.63) is 64.5 Å². The van der Waals surface area contributed by atoms with Gasteiger partial charge in [0.15, 0.2) is 0 Å². The number of piperazine rings is 1. The van der Waals surface area contributed by atoms with Crippen LogP contribution in [0.4, 0.5) is 11.4 Å². The highest BCUT2D eigenvalue weighted by Gasteiger charge is 2.20. The van der Waals surface area contributed by atoms with E-state index in [2.05, 4.69) is 14.8 Å². The van der Waals surface area contributed by atoms with Crippen molar-refractivity contribution in [1.82, 2.24) is 9.88 Å². The summed E-state index contributed by atoms with van der Waals surface area (Å²) in [5.41, 5.74) is 1.91. The van der Waals surface area contributed by atoms with Crippen molar-refractivity contribution < 1.29 is 10.0 Å². The molecule has 3 rings (SSSR count). The Morgan fingerprint density at radius 3 is 2.29 bits per heavy atom. The first-order valence-electron chi connectivity index (χ1n) is 7.93. The van der Waals surface area contributed by atoms with Crippen molar-refractivity contribution in [1.29, 1.82) is 0 Å². The summed E-state index contributed by atoms with van der Waals surface area (Å²) in [4.78, 5) is 18.8. The third-order valence-electron chi connectivity index (χ3n) is 4.32. The van der Waals surface area contributed by atoms with E-state index >= 15 is 0 Å². The SMILES string of the molecule is O=[N+]([O-])c1ccc(C(O)CN2CCN(c3ccncc3)CC2)cc1. The second-order valence-electron chi connectivity index (χ2n) is 5.86. The molecule has 126 valence electrons. The maximum atomic E-state index is 10.7. The lowest BCUT2D eigenvalue weighted by atomic mass is 10.1. The average molecular weight is 328 g/mol. The predicted molar refractivity (Wildman–Crippen MR) is 90.9 cm³/mol. The molecule has 1 aromatic heterocycles. The summed E-state index contributed by atoms with van der Waals surface area (Å²) >= 11 is 0. The highest BCUT2D eigenvalue weighted by Crippen LogP contribution is 2.20. The number of benzene rings is 1. The van der Waals surface area contributed by atoms with Crippen LogP contribution in [0.25, 0.3) is 0 Å². The van der Waals surface area contributed by atoms with Crippen LogP contribution < -0.4 is 4.90 Å². The standard InChI is InChI=1S/C17H20N4O3/c22-17(14-1-3-16(4-2-14)21(23)24)13-19-9-11-20(12-10-19)15-5-7-18-8-6-15/h1-8,17,22H,9-13H2. The van der Waals surface area contributed by atoms with E-state index in [1.807, 2.05) is 12.1 Å². The number of non-ortho nitro benzene ring substituents is 1. The minimum atomic E-state index is -0.640. The Bertz CT molecular complexity index is 670. The lowest BCUT2D eigenvalue weighted by Crippen LogP contribution is -2.47. The average Bonchev–Trinajstić information content (AvgIpc) is 2.63. The maximum Gasteiger partial charge on any atom is 0.269 e. The van der Waals surface area contributed by atoms with E-state index in [4.69, 9.17) is 0 Å². The van der Waals surface area contributed by atoms with E-state index in [1.165, 1.54) is 17.8 Å². The van der Waals surface area contributed by atoms with Crippen LogP contribution in [0, 0.1) is 10.1 Å². The topological polar surface area (TPSA) is 82.7 Å². The summed E-state index contributed by atoms with van der Waals surface area (Å²) in [5.74, 6) is 0. The molecule has 0 aliphatic carbocycles. The third-order valence-corrected chi connectivity index (χ3v) is 4.32. The summed E-state index contributed by atoms with van der Waals surface area (Å²) in [6.07, 6.45) is 2.94. The molecular formula is C17H20N4O3. The molecule has 0 radical (unpaired) electrons. The number of aliphatic hydroxyl groups excluding tert-OH is 1. The van der Waals surface area contributed by atoms with Crippen molar-refractivity contribution in [2.75, 3.05) is 37.6 Å². The van der Waals surface area contributed by atoms with Crippen LogP contribution in [-0.2, 0) is 0 Å².